The van der Waals surface area contributed by atoms with Gasteiger partial charge in [-0.25, -0.2) is 4.98 Å². The number of rotatable bonds is 28. The molecule has 4 aliphatic rings. The predicted octanol–water partition coefficient (Wildman–Crippen LogP) is 0.466. The van der Waals surface area contributed by atoms with Crippen molar-refractivity contribution in [3.8, 4) is 22.9 Å². The van der Waals surface area contributed by atoms with E-state index in [1.165, 1.54) is 33.0 Å². The Morgan fingerprint density at radius 3 is 2.27 bits per heavy atom. The lowest BCUT2D eigenvalue weighted by Crippen LogP contribution is -2.50. The highest BCUT2D eigenvalue weighted by Gasteiger charge is 2.45. The molecule has 5 amide bonds. The van der Waals surface area contributed by atoms with Crippen LogP contribution in [0.3, 0.4) is 0 Å². The second-order valence-corrected chi connectivity index (χ2v) is 20.5. The molecule has 0 spiro atoms. The third kappa shape index (κ3) is 13.2. The largest absolute Gasteiger partial charge is 0.586 e. The molecule has 0 aliphatic carbocycles. The molecule has 8 atom stereocenters. The molecule has 2 aromatic heterocycles. The SMILES string of the molecule is C=C1OCc2c(cc3n(c2=O)Cc2c-3nc3cc4c(cc3c2CCCCOCNC(=O)[C@H](C)CC(=O)[C@H](C)NC(=O)[C@H](CCC(=O)N(C)C[C@H](O)[C@@H](O)[C@H](O)[C@H](O)CO)CC(=O)CCN2C(=O)C=CC2=O)OC(F)(F)O4)[C@@]1(O)CC. The smallest absolute Gasteiger partial charge is 0.490 e. The first-order valence-corrected chi connectivity index (χ1v) is 26.2. The summed E-state index contributed by atoms with van der Waals surface area (Å²) in [4.78, 5) is 111. The number of hydrogen-bond acceptors (Lipinski definition) is 19. The molecule has 0 fully saturated rings. The fraction of sp³-hybridized carbons (Fsp3) is 0.537. The van der Waals surface area contributed by atoms with E-state index in [2.05, 4.69) is 17.2 Å². The molecule has 6 heterocycles. The third-order valence-electron chi connectivity index (χ3n) is 14.9. The summed E-state index contributed by atoms with van der Waals surface area (Å²) in [6, 6.07) is 3.31. The van der Waals surface area contributed by atoms with Crippen molar-refractivity contribution in [1.82, 2.24) is 30.0 Å². The Balaban J connectivity index is 0.913. The lowest BCUT2D eigenvalue weighted by molar-refractivity contribution is -0.286. The van der Waals surface area contributed by atoms with E-state index in [0.717, 1.165) is 27.5 Å². The molecule has 4 aliphatic heterocycles. The zero-order chi connectivity index (χ0) is 58.5. The minimum atomic E-state index is -3.89. The summed E-state index contributed by atoms with van der Waals surface area (Å²) in [6.07, 6.45) is -9.47. The van der Waals surface area contributed by atoms with Gasteiger partial charge in [-0.15, -0.1) is 8.78 Å². The number of hydrogen-bond donors (Lipinski definition) is 8. The lowest BCUT2D eigenvalue weighted by atomic mass is 9.84. The third-order valence-corrected chi connectivity index (χ3v) is 14.9. The van der Waals surface area contributed by atoms with Gasteiger partial charge in [-0.3, -0.25) is 43.3 Å². The van der Waals surface area contributed by atoms with Crippen LogP contribution in [0.5, 0.6) is 11.5 Å². The summed E-state index contributed by atoms with van der Waals surface area (Å²) >= 11 is 0. The van der Waals surface area contributed by atoms with Crippen LogP contribution in [0.25, 0.3) is 22.3 Å². The number of aliphatic hydroxyl groups excluding tert-OH is 5. The number of halogens is 2. The van der Waals surface area contributed by atoms with Crippen LogP contribution >= 0.6 is 0 Å². The number of carbonyl (C=O) groups excluding carboxylic acids is 7. The van der Waals surface area contributed by atoms with Gasteiger partial charge >= 0.3 is 6.29 Å². The molecule has 24 nitrogen and oxygen atoms in total. The van der Waals surface area contributed by atoms with Gasteiger partial charge in [0.25, 0.3) is 17.4 Å². The molecule has 7 rings (SSSR count). The summed E-state index contributed by atoms with van der Waals surface area (Å²) in [5.74, 6) is -6.73. The van der Waals surface area contributed by atoms with Crippen LogP contribution in [0.4, 0.5) is 8.78 Å². The molecule has 3 aromatic rings. The number of fused-ring (bicyclic) bond motifs is 6. The lowest BCUT2D eigenvalue weighted by Gasteiger charge is -2.35. The molecule has 0 radical (unpaired) electrons. The minimum Gasteiger partial charge on any atom is -0.490 e. The number of nitrogens with one attached hydrogen (secondary N) is 2. The van der Waals surface area contributed by atoms with Crippen molar-refractivity contribution in [2.24, 2.45) is 11.8 Å². The van der Waals surface area contributed by atoms with E-state index in [0.29, 0.717) is 52.7 Å². The van der Waals surface area contributed by atoms with Crippen LogP contribution in [-0.2, 0) is 68.2 Å². The van der Waals surface area contributed by atoms with Gasteiger partial charge in [-0.2, -0.15) is 0 Å². The maximum absolute atomic E-state index is 14.2. The Morgan fingerprint density at radius 1 is 0.925 bits per heavy atom. The van der Waals surface area contributed by atoms with Crippen molar-refractivity contribution in [1.29, 1.82) is 0 Å². The molecule has 434 valence electrons. The van der Waals surface area contributed by atoms with Crippen molar-refractivity contribution in [3.05, 3.63) is 75.3 Å². The number of nitrogens with zero attached hydrogens (tertiary/aromatic N) is 4. The number of alkyl halides is 2. The number of aliphatic hydroxyl groups is 6. The normalized spacial score (nSPS) is 19.3. The number of pyridine rings is 2. The summed E-state index contributed by atoms with van der Waals surface area (Å²) in [5.41, 5.74) is 1.18. The van der Waals surface area contributed by atoms with Crippen molar-refractivity contribution in [2.45, 2.75) is 134 Å². The van der Waals surface area contributed by atoms with Crippen LogP contribution < -0.4 is 25.7 Å². The van der Waals surface area contributed by atoms with Crippen LogP contribution in [0.2, 0.25) is 0 Å². The highest BCUT2D eigenvalue weighted by atomic mass is 19.3. The first-order chi connectivity index (χ1) is 37.8. The van der Waals surface area contributed by atoms with Gasteiger partial charge in [-0.05, 0) is 56.7 Å². The number of amides is 5. The molecular formula is C54H66F2N6O18. The second-order valence-electron chi connectivity index (χ2n) is 20.5. The van der Waals surface area contributed by atoms with E-state index >= 15 is 0 Å². The number of carbonyl (C=O) groups is 7. The molecule has 0 unspecified atom stereocenters. The minimum absolute atomic E-state index is 0.0844. The van der Waals surface area contributed by atoms with E-state index in [4.69, 9.17) is 29.0 Å². The van der Waals surface area contributed by atoms with Gasteiger partial charge in [0.1, 0.15) is 54.9 Å². The first kappa shape index (κ1) is 60.6. The number of likely N-dealkylation sites (N-methyl/N-ethyl adjacent to an activating group) is 1. The zero-order valence-electron chi connectivity index (χ0n) is 44.6. The molecular weight excluding hydrogens is 1060 g/mol. The fourth-order valence-electron chi connectivity index (χ4n) is 10.00. The Kier molecular flexibility index (Phi) is 19.0. The number of aryl methyl sites for hydroxylation is 1. The van der Waals surface area contributed by atoms with Crippen molar-refractivity contribution < 1.29 is 91.9 Å². The van der Waals surface area contributed by atoms with Crippen molar-refractivity contribution >= 4 is 52.0 Å². The molecule has 8 N–H and O–H groups in total. The standard InChI is InChI=1S/C54H66F2N6O18/c1-6-53(76)29(4)78-25-35-36(53)20-38-47-34(22-62(38)52(35)75)32(33-19-42-43(21-37(33)59-47)80-54(55,56)79-42)9-7-8-16-77-26-57-50(73)27(2)17-39(65)28(3)58-51(74)30(18-31(64)14-15-61-45(69)12-13-46(61)70)10-11-44(68)60(5)23-40(66)48(71)49(72)41(67)24-63/h12-13,19-21,27-28,30,40-41,48-49,63,66-67,71-72,76H,4,6-11,14-18,22-26H2,1-3,5H3,(H,57,73)(H,58,74)/t27-,28+,30-,40+,41-,48-,49-,53-/m1/s1. The van der Waals surface area contributed by atoms with Gasteiger partial charge in [0.15, 0.2) is 17.3 Å². The number of Topliss-reactive ketones (excluding diaryl/α,β-unsaturated/α-hetero) is 2. The van der Waals surface area contributed by atoms with E-state index in [-0.39, 0.29) is 93.5 Å². The Morgan fingerprint density at radius 2 is 1.60 bits per heavy atom. The van der Waals surface area contributed by atoms with Crippen LogP contribution in [0.15, 0.2) is 47.5 Å². The summed E-state index contributed by atoms with van der Waals surface area (Å²) in [5, 5.41) is 66.4. The van der Waals surface area contributed by atoms with Crippen LogP contribution in [0, 0.1) is 11.8 Å². The highest BCUT2D eigenvalue weighted by molar-refractivity contribution is 6.13. The molecule has 26 heteroatoms. The average molecular weight is 1130 g/mol. The van der Waals surface area contributed by atoms with E-state index < -0.39 is 115 Å². The van der Waals surface area contributed by atoms with E-state index in [1.54, 1.807) is 17.6 Å². The van der Waals surface area contributed by atoms with E-state index in [1.807, 2.05) is 0 Å². The Bertz CT molecular complexity index is 3020. The molecule has 0 saturated carbocycles. The predicted molar refractivity (Wildman–Crippen MR) is 275 cm³/mol. The topological polar surface area (TPSA) is 343 Å². The van der Waals surface area contributed by atoms with Crippen molar-refractivity contribution in [3.63, 3.8) is 0 Å². The van der Waals surface area contributed by atoms with Crippen molar-refractivity contribution in [2.75, 3.05) is 40.1 Å². The van der Waals surface area contributed by atoms with Gasteiger partial charge in [0, 0.05) is 99.0 Å². The number of unbranched alkanes of at least 4 members (excludes halogenated alkanes) is 1. The zero-order valence-corrected chi connectivity index (χ0v) is 44.6. The highest BCUT2D eigenvalue weighted by Crippen LogP contribution is 2.47. The Hall–Kier alpha value is -7.07. The monoisotopic (exact) mass is 1120 g/mol. The number of aromatic nitrogens is 2. The van der Waals surface area contributed by atoms with Gasteiger partial charge in [0.05, 0.1) is 41.7 Å². The summed E-state index contributed by atoms with van der Waals surface area (Å²) < 4.78 is 50.8. The number of ketones is 2. The van der Waals surface area contributed by atoms with Gasteiger partial charge < -0.3 is 69.7 Å². The summed E-state index contributed by atoms with van der Waals surface area (Å²) in [7, 11) is 1.25. The molecule has 1 aromatic carbocycles. The quantitative estimate of drug-likeness (QED) is 0.0218. The average Bonchev–Trinajstić information content (AvgIpc) is 4.22. The Labute approximate surface area is 456 Å². The van der Waals surface area contributed by atoms with Crippen LogP contribution in [0.1, 0.15) is 94.4 Å². The first-order valence-electron chi connectivity index (χ1n) is 26.2. The van der Waals surface area contributed by atoms with E-state index in [9.17, 15) is 72.7 Å². The number of ether oxygens (including phenoxy) is 4. The maximum Gasteiger partial charge on any atom is 0.586 e. The molecule has 0 bridgehead atoms. The van der Waals surface area contributed by atoms with Gasteiger partial charge in [0.2, 0.25) is 17.7 Å². The fourth-order valence-corrected chi connectivity index (χ4v) is 10.00. The van der Waals surface area contributed by atoms with Crippen LogP contribution in [-0.4, -0.2) is 168 Å². The summed E-state index contributed by atoms with van der Waals surface area (Å²) in [6.45, 7) is 6.70. The second kappa shape index (κ2) is 25.2. The maximum atomic E-state index is 14.2. The van der Waals surface area contributed by atoms with Gasteiger partial charge in [-0.1, -0.05) is 20.4 Å². The number of imide groups is 1. The number of benzene rings is 1. The molecule has 0 saturated heterocycles. The molecule has 80 heavy (non-hydrogen) atoms.